The van der Waals surface area contributed by atoms with Crippen molar-refractivity contribution < 1.29 is 14.3 Å². The lowest BCUT2D eigenvalue weighted by atomic mass is 10.2. The van der Waals surface area contributed by atoms with Crippen molar-refractivity contribution in [3.05, 3.63) is 52.4 Å². The summed E-state index contributed by atoms with van der Waals surface area (Å²) >= 11 is 0. The largest absolute Gasteiger partial charge is 0.489 e. The van der Waals surface area contributed by atoms with E-state index in [0.717, 1.165) is 11.0 Å². The molecule has 0 atom stereocenters. The summed E-state index contributed by atoms with van der Waals surface area (Å²) in [6.45, 7) is 2.13. The summed E-state index contributed by atoms with van der Waals surface area (Å²) in [6.07, 6.45) is 1.81. The van der Waals surface area contributed by atoms with Gasteiger partial charge in [0.2, 0.25) is 0 Å². The number of allylic oxidation sites excluding steroid dienone is 1. The normalized spacial score (nSPS) is 11.8. The first-order valence-electron chi connectivity index (χ1n) is 5.64. The third kappa shape index (κ3) is 2.78. The van der Waals surface area contributed by atoms with Crippen molar-refractivity contribution in [2.24, 2.45) is 0 Å². The van der Waals surface area contributed by atoms with Gasteiger partial charge in [-0.15, -0.1) is 0 Å². The topological polar surface area (TPSA) is 59.7 Å². The lowest BCUT2D eigenvalue weighted by Crippen LogP contribution is -2.04. The summed E-state index contributed by atoms with van der Waals surface area (Å²) in [4.78, 5) is 11.1. The zero-order valence-corrected chi connectivity index (χ0v) is 10.1. The molecule has 1 aromatic carbocycles. The van der Waals surface area contributed by atoms with E-state index in [1.165, 1.54) is 6.07 Å². The Balaban J connectivity index is 2.22. The van der Waals surface area contributed by atoms with Crippen LogP contribution in [-0.4, -0.2) is 18.3 Å². The zero-order valence-electron chi connectivity index (χ0n) is 10.1. The van der Waals surface area contributed by atoms with Gasteiger partial charge < -0.3 is 14.3 Å². The fourth-order valence-corrected chi connectivity index (χ4v) is 1.53. The van der Waals surface area contributed by atoms with Gasteiger partial charge >= 0.3 is 5.63 Å². The molecule has 18 heavy (non-hydrogen) atoms. The van der Waals surface area contributed by atoms with Gasteiger partial charge in [-0.1, -0.05) is 6.08 Å². The van der Waals surface area contributed by atoms with E-state index in [2.05, 4.69) is 0 Å². The lowest BCUT2D eigenvalue weighted by molar-refractivity contribution is 0.287. The summed E-state index contributed by atoms with van der Waals surface area (Å²) in [6, 6.07) is 8.37. The van der Waals surface area contributed by atoms with Gasteiger partial charge in [-0.05, 0) is 30.7 Å². The number of fused-ring (bicyclic) bond motifs is 1. The number of hydrogen-bond donors (Lipinski definition) is 1. The molecule has 2 rings (SSSR count). The zero-order chi connectivity index (χ0) is 13.0. The summed E-state index contributed by atoms with van der Waals surface area (Å²) in [5.74, 6) is 0.602. The Kier molecular flexibility index (Phi) is 3.79. The van der Waals surface area contributed by atoms with Crippen LogP contribution in [0.2, 0.25) is 0 Å². The number of aliphatic hydroxyl groups is 1. The minimum absolute atomic E-state index is 0.0286. The summed E-state index contributed by atoms with van der Waals surface area (Å²) in [5.41, 5.74) is 0.903. The van der Waals surface area contributed by atoms with Crippen molar-refractivity contribution >= 4 is 11.0 Å². The molecule has 0 bridgehead atoms. The molecule has 0 amide bonds. The van der Waals surface area contributed by atoms with Gasteiger partial charge in [-0.25, -0.2) is 4.79 Å². The van der Waals surface area contributed by atoms with E-state index in [9.17, 15) is 4.79 Å². The smallest absolute Gasteiger partial charge is 0.336 e. The molecule has 0 unspecified atom stereocenters. The molecule has 1 N–H and O–H groups in total. The van der Waals surface area contributed by atoms with Crippen LogP contribution in [0.4, 0.5) is 0 Å². The first kappa shape index (κ1) is 12.4. The van der Waals surface area contributed by atoms with Gasteiger partial charge in [-0.2, -0.15) is 0 Å². The highest BCUT2D eigenvalue weighted by molar-refractivity contribution is 5.77. The van der Waals surface area contributed by atoms with E-state index in [-0.39, 0.29) is 12.2 Å². The molecule has 1 aromatic heterocycles. The Morgan fingerprint density at radius 3 is 2.89 bits per heavy atom. The second-order valence-corrected chi connectivity index (χ2v) is 3.85. The lowest BCUT2D eigenvalue weighted by Gasteiger charge is -2.07. The number of ether oxygens (including phenoxy) is 1. The van der Waals surface area contributed by atoms with Gasteiger partial charge in [0.1, 0.15) is 17.9 Å². The predicted octanol–water partition coefficient (Wildman–Crippen LogP) is 2.11. The van der Waals surface area contributed by atoms with Crippen molar-refractivity contribution in [2.75, 3.05) is 13.2 Å². The van der Waals surface area contributed by atoms with Crippen molar-refractivity contribution in [3.63, 3.8) is 0 Å². The van der Waals surface area contributed by atoms with E-state index in [0.29, 0.717) is 17.9 Å². The first-order valence-corrected chi connectivity index (χ1v) is 5.64. The van der Waals surface area contributed by atoms with Crippen LogP contribution in [0.3, 0.4) is 0 Å². The standard InChI is InChI=1S/C14H14O4/c1-2-10(8-15)9-17-12-5-3-11-4-6-14(16)18-13(11)7-12/h2-7,15H,8-9H2,1H3/b10-2+. The van der Waals surface area contributed by atoms with Crippen LogP contribution in [0.1, 0.15) is 6.92 Å². The van der Waals surface area contributed by atoms with E-state index in [1.54, 1.807) is 24.3 Å². The Hall–Kier alpha value is -2.07. The molecule has 94 valence electrons. The Bertz CT molecular complexity index is 625. The maximum atomic E-state index is 11.1. The van der Waals surface area contributed by atoms with Gasteiger partial charge in [0, 0.05) is 17.5 Å². The SMILES string of the molecule is C/C=C(\CO)COc1ccc2ccc(=O)oc2c1. The van der Waals surface area contributed by atoms with Crippen molar-refractivity contribution in [1.29, 1.82) is 0 Å². The van der Waals surface area contributed by atoms with Crippen molar-refractivity contribution in [2.45, 2.75) is 6.92 Å². The van der Waals surface area contributed by atoms with Crippen LogP contribution in [0.5, 0.6) is 5.75 Å². The van der Waals surface area contributed by atoms with E-state index in [4.69, 9.17) is 14.3 Å². The van der Waals surface area contributed by atoms with Gasteiger partial charge in [0.05, 0.1) is 6.61 Å². The molecule has 0 saturated heterocycles. The number of hydrogen-bond acceptors (Lipinski definition) is 4. The van der Waals surface area contributed by atoms with Crippen LogP contribution < -0.4 is 10.4 Å². The number of aliphatic hydroxyl groups excluding tert-OH is 1. The molecule has 1 heterocycles. The molecular formula is C14H14O4. The second-order valence-electron chi connectivity index (χ2n) is 3.85. The first-order chi connectivity index (χ1) is 8.72. The molecule has 0 aliphatic rings. The molecule has 0 radical (unpaired) electrons. The van der Waals surface area contributed by atoms with Crippen LogP contribution in [-0.2, 0) is 0 Å². The fraction of sp³-hybridized carbons (Fsp3) is 0.214. The van der Waals surface area contributed by atoms with Crippen molar-refractivity contribution in [1.82, 2.24) is 0 Å². The maximum Gasteiger partial charge on any atom is 0.336 e. The Morgan fingerprint density at radius 2 is 2.17 bits per heavy atom. The highest BCUT2D eigenvalue weighted by Gasteiger charge is 2.01. The molecule has 0 aliphatic heterocycles. The molecule has 4 heteroatoms. The summed E-state index contributed by atoms with van der Waals surface area (Å²) in [5, 5.41) is 9.85. The molecule has 0 fully saturated rings. The molecule has 0 saturated carbocycles. The maximum absolute atomic E-state index is 11.1. The van der Waals surface area contributed by atoms with Gasteiger partial charge in [-0.3, -0.25) is 0 Å². The highest BCUT2D eigenvalue weighted by atomic mass is 16.5. The van der Waals surface area contributed by atoms with Crippen LogP contribution >= 0.6 is 0 Å². The molecule has 0 spiro atoms. The summed E-state index contributed by atoms with van der Waals surface area (Å²) in [7, 11) is 0. The Labute approximate surface area is 104 Å². The molecular weight excluding hydrogens is 232 g/mol. The minimum atomic E-state index is -0.385. The van der Waals surface area contributed by atoms with Crippen LogP contribution in [0.15, 0.2) is 51.2 Å². The highest BCUT2D eigenvalue weighted by Crippen LogP contribution is 2.19. The predicted molar refractivity (Wildman–Crippen MR) is 68.8 cm³/mol. The van der Waals surface area contributed by atoms with Crippen LogP contribution in [0.25, 0.3) is 11.0 Å². The van der Waals surface area contributed by atoms with Gasteiger partial charge in [0.25, 0.3) is 0 Å². The number of benzene rings is 1. The average molecular weight is 246 g/mol. The fourth-order valence-electron chi connectivity index (χ4n) is 1.53. The van der Waals surface area contributed by atoms with Crippen molar-refractivity contribution in [3.8, 4) is 5.75 Å². The van der Waals surface area contributed by atoms with E-state index in [1.807, 2.05) is 13.0 Å². The number of rotatable bonds is 4. The van der Waals surface area contributed by atoms with Crippen LogP contribution in [0, 0.1) is 0 Å². The third-order valence-electron chi connectivity index (χ3n) is 2.63. The average Bonchev–Trinajstić information content (AvgIpc) is 2.39. The second kappa shape index (κ2) is 5.51. The third-order valence-corrected chi connectivity index (χ3v) is 2.63. The Morgan fingerprint density at radius 1 is 1.39 bits per heavy atom. The van der Waals surface area contributed by atoms with E-state index < -0.39 is 0 Å². The van der Waals surface area contributed by atoms with E-state index >= 15 is 0 Å². The molecule has 4 nitrogen and oxygen atoms in total. The molecule has 0 aliphatic carbocycles. The molecule has 2 aromatic rings. The minimum Gasteiger partial charge on any atom is -0.489 e. The summed E-state index contributed by atoms with van der Waals surface area (Å²) < 4.78 is 10.6. The monoisotopic (exact) mass is 246 g/mol. The van der Waals surface area contributed by atoms with Gasteiger partial charge in [0.15, 0.2) is 0 Å². The quantitative estimate of drug-likeness (QED) is 0.663.